The van der Waals surface area contributed by atoms with Gasteiger partial charge in [-0.25, -0.2) is 4.39 Å². The van der Waals surface area contributed by atoms with Gasteiger partial charge in [-0.3, -0.25) is 4.79 Å². The molecular weight excluding hydrogens is 269 g/mol. The van der Waals surface area contributed by atoms with Gasteiger partial charge in [-0.2, -0.15) is 5.26 Å². The van der Waals surface area contributed by atoms with E-state index in [4.69, 9.17) is 5.26 Å². The molecule has 1 amide bonds. The first kappa shape index (κ1) is 14.5. The van der Waals surface area contributed by atoms with E-state index in [2.05, 4.69) is 11.4 Å². The van der Waals surface area contributed by atoms with Crippen LogP contribution in [0.15, 0.2) is 48.5 Å². The van der Waals surface area contributed by atoms with Gasteiger partial charge in [0.1, 0.15) is 11.9 Å². The number of anilines is 2. The zero-order valence-electron chi connectivity index (χ0n) is 11.5. The topological polar surface area (TPSA) is 56.1 Å². The number of benzene rings is 2. The number of amides is 1. The van der Waals surface area contributed by atoms with Crippen molar-refractivity contribution >= 4 is 17.3 Å². The molecule has 0 saturated heterocycles. The molecule has 0 fully saturated rings. The predicted molar refractivity (Wildman–Crippen MR) is 79.5 cm³/mol. The van der Waals surface area contributed by atoms with Gasteiger partial charge in [0.2, 0.25) is 5.91 Å². The lowest BCUT2D eigenvalue weighted by atomic mass is 10.2. The monoisotopic (exact) mass is 283 g/mol. The summed E-state index contributed by atoms with van der Waals surface area (Å²) in [7, 11) is 1.71. The zero-order valence-corrected chi connectivity index (χ0v) is 11.5. The molecule has 5 heteroatoms. The highest BCUT2D eigenvalue weighted by atomic mass is 19.1. The van der Waals surface area contributed by atoms with Gasteiger partial charge in [-0.1, -0.05) is 24.3 Å². The molecular formula is C16H14FN3O. The van der Waals surface area contributed by atoms with E-state index in [1.807, 2.05) is 0 Å². The fraction of sp³-hybridized carbons (Fsp3) is 0.125. The minimum Gasteiger partial charge on any atom is -0.364 e. The van der Waals surface area contributed by atoms with Crippen molar-refractivity contribution in [1.82, 2.24) is 0 Å². The standard InChI is InChI=1S/C16H14FN3O/c1-20(15-9-5-2-6-12(15)10-18)11-16(21)19-14-8-4-3-7-13(14)17/h2-9H,11H2,1H3,(H,19,21). The summed E-state index contributed by atoms with van der Waals surface area (Å²) in [5, 5.41) is 11.6. The van der Waals surface area contributed by atoms with Crippen LogP contribution in [0.2, 0.25) is 0 Å². The third-order valence-corrected chi connectivity index (χ3v) is 2.96. The van der Waals surface area contributed by atoms with Gasteiger partial charge in [0.25, 0.3) is 0 Å². The van der Waals surface area contributed by atoms with Crippen LogP contribution in [0.5, 0.6) is 0 Å². The molecule has 106 valence electrons. The Morgan fingerprint density at radius 1 is 1.24 bits per heavy atom. The first-order chi connectivity index (χ1) is 10.1. The number of para-hydroxylation sites is 2. The van der Waals surface area contributed by atoms with E-state index in [9.17, 15) is 9.18 Å². The third-order valence-electron chi connectivity index (χ3n) is 2.96. The Balaban J connectivity index is 2.06. The lowest BCUT2D eigenvalue weighted by Crippen LogP contribution is -2.30. The summed E-state index contributed by atoms with van der Waals surface area (Å²) >= 11 is 0. The molecule has 0 aliphatic rings. The average molecular weight is 283 g/mol. The van der Waals surface area contributed by atoms with E-state index in [1.54, 1.807) is 48.3 Å². The van der Waals surface area contributed by atoms with Gasteiger partial charge >= 0.3 is 0 Å². The largest absolute Gasteiger partial charge is 0.364 e. The van der Waals surface area contributed by atoms with Crippen LogP contribution in [0.4, 0.5) is 15.8 Å². The Kier molecular flexibility index (Phi) is 4.52. The first-order valence-electron chi connectivity index (χ1n) is 6.36. The van der Waals surface area contributed by atoms with E-state index in [0.29, 0.717) is 11.3 Å². The number of nitriles is 1. The lowest BCUT2D eigenvalue weighted by Gasteiger charge is -2.19. The van der Waals surface area contributed by atoms with Crippen LogP contribution in [0, 0.1) is 17.1 Å². The fourth-order valence-corrected chi connectivity index (χ4v) is 1.95. The van der Waals surface area contributed by atoms with Crippen molar-refractivity contribution in [3.63, 3.8) is 0 Å². The highest BCUT2D eigenvalue weighted by molar-refractivity contribution is 5.94. The third kappa shape index (κ3) is 3.57. The maximum atomic E-state index is 13.5. The van der Waals surface area contributed by atoms with Gasteiger partial charge in [0, 0.05) is 7.05 Å². The quantitative estimate of drug-likeness (QED) is 0.938. The van der Waals surface area contributed by atoms with Gasteiger partial charge < -0.3 is 10.2 Å². The summed E-state index contributed by atoms with van der Waals surface area (Å²) in [5.41, 5.74) is 1.28. The number of nitrogens with zero attached hydrogens (tertiary/aromatic N) is 2. The fourth-order valence-electron chi connectivity index (χ4n) is 1.95. The average Bonchev–Trinajstić information content (AvgIpc) is 2.49. The molecule has 2 rings (SSSR count). The summed E-state index contributed by atoms with van der Waals surface area (Å²) in [5.74, 6) is -0.832. The van der Waals surface area contributed by atoms with Gasteiger partial charge in [-0.05, 0) is 24.3 Å². The van der Waals surface area contributed by atoms with Crippen LogP contribution in [-0.2, 0) is 4.79 Å². The predicted octanol–water partition coefficient (Wildman–Crippen LogP) is 2.77. The smallest absolute Gasteiger partial charge is 0.243 e. The normalized spacial score (nSPS) is 9.76. The van der Waals surface area contributed by atoms with E-state index in [0.717, 1.165) is 0 Å². The number of hydrogen-bond acceptors (Lipinski definition) is 3. The van der Waals surface area contributed by atoms with Crippen LogP contribution in [0.25, 0.3) is 0 Å². The molecule has 21 heavy (non-hydrogen) atoms. The SMILES string of the molecule is CN(CC(=O)Nc1ccccc1F)c1ccccc1C#N. The molecule has 4 nitrogen and oxygen atoms in total. The van der Waals surface area contributed by atoms with Crippen molar-refractivity contribution in [3.8, 4) is 6.07 Å². The first-order valence-corrected chi connectivity index (χ1v) is 6.36. The van der Waals surface area contributed by atoms with E-state index in [1.165, 1.54) is 12.1 Å². The molecule has 0 bridgehead atoms. The number of likely N-dealkylation sites (N-methyl/N-ethyl adjacent to an activating group) is 1. The van der Waals surface area contributed by atoms with Crippen molar-refractivity contribution in [2.24, 2.45) is 0 Å². The molecule has 0 aromatic heterocycles. The molecule has 0 heterocycles. The second-order valence-electron chi connectivity index (χ2n) is 4.51. The van der Waals surface area contributed by atoms with E-state index >= 15 is 0 Å². The Hall–Kier alpha value is -2.87. The number of carbonyl (C=O) groups is 1. The Bertz CT molecular complexity index is 694. The highest BCUT2D eigenvalue weighted by Gasteiger charge is 2.12. The minimum absolute atomic E-state index is 0.0209. The summed E-state index contributed by atoms with van der Waals surface area (Å²) < 4.78 is 13.5. The molecule has 0 spiro atoms. The molecule has 0 radical (unpaired) electrons. The van der Waals surface area contributed by atoms with Crippen LogP contribution in [-0.4, -0.2) is 19.5 Å². The van der Waals surface area contributed by atoms with Gasteiger partial charge in [0.15, 0.2) is 0 Å². The molecule has 0 atom stereocenters. The van der Waals surface area contributed by atoms with Crippen molar-refractivity contribution in [2.75, 3.05) is 23.8 Å². The van der Waals surface area contributed by atoms with Crippen molar-refractivity contribution in [3.05, 3.63) is 59.9 Å². The molecule has 2 aromatic rings. The number of carbonyl (C=O) groups excluding carboxylic acids is 1. The second kappa shape index (κ2) is 6.53. The Morgan fingerprint density at radius 3 is 2.62 bits per heavy atom. The molecule has 0 saturated carbocycles. The minimum atomic E-state index is -0.481. The van der Waals surface area contributed by atoms with Crippen molar-refractivity contribution in [1.29, 1.82) is 5.26 Å². The molecule has 1 N–H and O–H groups in total. The lowest BCUT2D eigenvalue weighted by molar-refractivity contribution is -0.114. The molecule has 0 unspecified atom stereocenters. The highest BCUT2D eigenvalue weighted by Crippen LogP contribution is 2.18. The Labute approximate surface area is 122 Å². The van der Waals surface area contributed by atoms with Crippen LogP contribution in [0.1, 0.15) is 5.56 Å². The summed E-state index contributed by atoms with van der Waals surface area (Å²) in [6.07, 6.45) is 0. The van der Waals surface area contributed by atoms with E-state index < -0.39 is 5.82 Å². The van der Waals surface area contributed by atoms with E-state index in [-0.39, 0.29) is 18.1 Å². The van der Waals surface area contributed by atoms with Gasteiger partial charge in [0.05, 0.1) is 23.5 Å². The maximum Gasteiger partial charge on any atom is 0.243 e. The van der Waals surface area contributed by atoms with Gasteiger partial charge in [-0.15, -0.1) is 0 Å². The number of rotatable bonds is 4. The zero-order chi connectivity index (χ0) is 15.2. The summed E-state index contributed by atoms with van der Waals surface area (Å²) in [6, 6.07) is 15.0. The second-order valence-corrected chi connectivity index (χ2v) is 4.51. The Morgan fingerprint density at radius 2 is 1.90 bits per heavy atom. The summed E-state index contributed by atoms with van der Waals surface area (Å²) in [6.45, 7) is 0.0209. The summed E-state index contributed by atoms with van der Waals surface area (Å²) in [4.78, 5) is 13.6. The molecule has 2 aromatic carbocycles. The molecule has 0 aliphatic heterocycles. The van der Waals surface area contributed by atoms with Crippen molar-refractivity contribution in [2.45, 2.75) is 0 Å². The van der Waals surface area contributed by atoms with Crippen LogP contribution < -0.4 is 10.2 Å². The van der Waals surface area contributed by atoms with Crippen LogP contribution in [0.3, 0.4) is 0 Å². The number of halogens is 1. The number of hydrogen-bond donors (Lipinski definition) is 1. The number of nitrogens with one attached hydrogen (secondary N) is 1. The van der Waals surface area contributed by atoms with Crippen molar-refractivity contribution < 1.29 is 9.18 Å². The maximum absolute atomic E-state index is 13.5. The van der Waals surface area contributed by atoms with Crippen LogP contribution >= 0.6 is 0 Å². The molecule has 0 aliphatic carbocycles.